The molecule has 0 atom stereocenters. The summed E-state index contributed by atoms with van der Waals surface area (Å²) in [6.07, 6.45) is 0. The summed E-state index contributed by atoms with van der Waals surface area (Å²) in [6.45, 7) is 4.52. The number of piperazine rings is 1. The number of carbonyl (C=O) groups is 2. The second-order valence-electron chi connectivity index (χ2n) is 7.39. The molecule has 2 amide bonds. The lowest BCUT2D eigenvalue weighted by molar-refractivity contribution is -0.402. The SMILES string of the molecule is O=C(c1ccc([N+](=O)[O-])o1)N1CC(C(=O)N2CCN(Cc3ccccc3)CC2)C1. The fraction of sp³-hybridized carbons (Fsp3) is 0.400. The predicted molar refractivity (Wildman–Crippen MR) is 103 cm³/mol. The fourth-order valence-electron chi connectivity index (χ4n) is 3.72. The Morgan fingerprint density at radius 1 is 1.00 bits per heavy atom. The molecule has 0 N–H and O–H groups in total. The van der Waals surface area contributed by atoms with Crippen molar-refractivity contribution in [2.24, 2.45) is 5.92 Å². The van der Waals surface area contributed by atoms with Gasteiger partial charge in [-0.05, 0) is 11.6 Å². The van der Waals surface area contributed by atoms with Crippen LogP contribution in [0.1, 0.15) is 16.1 Å². The Morgan fingerprint density at radius 2 is 1.69 bits per heavy atom. The standard InChI is InChI=1S/C20H22N4O5/c25-19(22-10-8-21(9-11-22)12-15-4-2-1-3-5-15)16-13-23(14-16)20(26)17-6-7-18(29-17)24(27)28/h1-7,16H,8-14H2. The maximum absolute atomic E-state index is 12.7. The van der Waals surface area contributed by atoms with Crippen LogP contribution in [0.2, 0.25) is 0 Å². The molecule has 1 aromatic carbocycles. The lowest BCUT2D eigenvalue weighted by Crippen LogP contribution is -2.59. The summed E-state index contributed by atoms with van der Waals surface area (Å²) in [5.74, 6) is -1.11. The van der Waals surface area contributed by atoms with Gasteiger partial charge in [0.05, 0.1) is 12.0 Å². The zero-order valence-electron chi connectivity index (χ0n) is 15.9. The van der Waals surface area contributed by atoms with E-state index < -0.39 is 16.7 Å². The van der Waals surface area contributed by atoms with Crippen LogP contribution in [-0.2, 0) is 11.3 Å². The summed E-state index contributed by atoms with van der Waals surface area (Å²) in [4.78, 5) is 40.7. The summed E-state index contributed by atoms with van der Waals surface area (Å²) in [5, 5.41) is 10.7. The Bertz CT molecular complexity index is 899. The molecule has 1 aromatic heterocycles. The minimum atomic E-state index is -0.684. The second-order valence-corrected chi connectivity index (χ2v) is 7.39. The first-order valence-corrected chi connectivity index (χ1v) is 9.60. The van der Waals surface area contributed by atoms with Crippen molar-refractivity contribution in [1.82, 2.24) is 14.7 Å². The number of amides is 2. The van der Waals surface area contributed by atoms with Gasteiger partial charge in [-0.15, -0.1) is 0 Å². The monoisotopic (exact) mass is 398 g/mol. The minimum absolute atomic E-state index is 0.0684. The average molecular weight is 398 g/mol. The predicted octanol–water partition coefficient (Wildman–Crippen LogP) is 1.60. The molecule has 152 valence electrons. The Labute approximate surface area is 167 Å². The van der Waals surface area contributed by atoms with E-state index in [1.807, 2.05) is 23.1 Å². The van der Waals surface area contributed by atoms with Crippen molar-refractivity contribution in [3.05, 3.63) is 63.9 Å². The second kappa shape index (κ2) is 8.04. The van der Waals surface area contributed by atoms with E-state index in [-0.39, 0.29) is 17.6 Å². The highest BCUT2D eigenvalue weighted by atomic mass is 16.6. The van der Waals surface area contributed by atoms with Gasteiger partial charge in [-0.3, -0.25) is 24.6 Å². The van der Waals surface area contributed by atoms with Crippen molar-refractivity contribution in [3.8, 4) is 0 Å². The molecule has 0 spiro atoms. The van der Waals surface area contributed by atoms with E-state index >= 15 is 0 Å². The first kappa shape index (κ1) is 19.1. The fourth-order valence-corrected chi connectivity index (χ4v) is 3.72. The summed E-state index contributed by atoms with van der Waals surface area (Å²) < 4.78 is 4.95. The third kappa shape index (κ3) is 4.14. The summed E-state index contributed by atoms with van der Waals surface area (Å²) >= 11 is 0. The van der Waals surface area contributed by atoms with Crippen LogP contribution in [0.5, 0.6) is 0 Å². The normalized spacial score (nSPS) is 17.8. The van der Waals surface area contributed by atoms with Crippen LogP contribution in [0.25, 0.3) is 0 Å². The van der Waals surface area contributed by atoms with E-state index in [0.717, 1.165) is 25.7 Å². The summed E-state index contributed by atoms with van der Waals surface area (Å²) in [6, 6.07) is 12.7. The number of hydrogen-bond acceptors (Lipinski definition) is 6. The minimum Gasteiger partial charge on any atom is -0.395 e. The van der Waals surface area contributed by atoms with E-state index in [0.29, 0.717) is 26.2 Å². The number of hydrogen-bond donors (Lipinski definition) is 0. The van der Waals surface area contributed by atoms with Crippen LogP contribution in [-0.4, -0.2) is 70.7 Å². The van der Waals surface area contributed by atoms with Crippen molar-refractivity contribution in [1.29, 1.82) is 0 Å². The summed E-state index contributed by atoms with van der Waals surface area (Å²) in [5.41, 5.74) is 1.26. The van der Waals surface area contributed by atoms with Gasteiger partial charge in [-0.2, -0.15) is 0 Å². The van der Waals surface area contributed by atoms with Crippen LogP contribution in [0.3, 0.4) is 0 Å². The van der Waals surface area contributed by atoms with Crippen molar-refractivity contribution in [2.45, 2.75) is 6.54 Å². The number of furan rings is 1. The zero-order chi connectivity index (χ0) is 20.4. The molecule has 4 rings (SSSR count). The number of benzene rings is 1. The van der Waals surface area contributed by atoms with E-state index in [4.69, 9.17) is 4.42 Å². The van der Waals surface area contributed by atoms with E-state index in [2.05, 4.69) is 17.0 Å². The molecule has 2 saturated heterocycles. The number of nitrogens with zero attached hydrogens (tertiary/aromatic N) is 4. The smallest absolute Gasteiger partial charge is 0.395 e. The van der Waals surface area contributed by atoms with Gasteiger partial charge in [-0.1, -0.05) is 30.3 Å². The molecular formula is C20H22N4O5. The van der Waals surface area contributed by atoms with E-state index in [1.165, 1.54) is 16.5 Å². The van der Waals surface area contributed by atoms with Gasteiger partial charge in [0.1, 0.15) is 4.92 Å². The van der Waals surface area contributed by atoms with Crippen LogP contribution in [0, 0.1) is 16.0 Å². The largest absolute Gasteiger partial charge is 0.433 e. The number of nitro groups is 1. The molecule has 29 heavy (non-hydrogen) atoms. The maximum Gasteiger partial charge on any atom is 0.433 e. The van der Waals surface area contributed by atoms with Gasteiger partial charge in [0.25, 0.3) is 5.91 Å². The van der Waals surface area contributed by atoms with Crippen molar-refractivity contribution >= 4 is 17.7 Å². The molecule has 2 aliphatic heterocycles. The zero-order valence-corrected chi connectivity index (χ0v) is 15.9. The molecule has 9 nitrogen and oxygen atoms in total. The molecule has 2 aromatic rings. The van der Waals surface area contributed by atoms with Gasteiger partial charge >= 0.3 is 5.88 Å². The highest BCUT2D eigenvalue weighted by Gasteiger charge is 2.39. The van der Waals surface area contributed by atoms with Gasteiger partial charge in [0.2, 0.25) is 5.91 Å². The van der Waals surface area contributed by atoms with Gasteiger partial charge in [-0.25, -0.2) is 0 Å². The van der Waals surface area contributed by atoms with Crippen LogP contribution in [0.15, 0.2) is 46.9 Å². The molecule has 2 aliphatic rings. The van der Waals surface area contributed by atoms with Crippen molar-refractivity contribution < 1.29 is 18.9 Å². The first-order valence-electron chi connectivity index (χ1n) is 9.60. The lowest BCUT2D eigenvalue weighted by Gasteiger charge is -2.42. The maximum atomic E-state index is 12.7. The number of likely N-dealkylation sites (tertiary alicyclic amines) is 1. The quantitative estimate of drug-likeness (QED) is 0.560. The van der Waals surface area contributed by atoms with Gasteiger partial charge in [0, 0.05) is 45.8 Å². The van der Waals surface area contributed by atoms with Crippen LogP contribution in [0.4, 0.5) is 5.88 Å². The van der Waals surface area contributed by atoms with E-state index in [9.17, 15) is 19.7 Å². The molecule has 9 heteroatoms. The lowest BCUT2D eigenvalue weighted by atomic mass is 9.97. The molecule has 0 aliphatic carbocycles. The Balaban J connectivity index is 1.23. The highest BCUT2D eigenvalue weighted by Crippen LogP contribution is 2.24. The molecule has 0 unspecified atom stereocenters. The van der Waals surface area contributed by atoms with E-state index in [1.54, 1.807) is 0 Å². The Morgan fingerprint density at radius 3 is 2.31 bits per heavy atom. The number of carbonyl (C=O) groups excluding carboxylic acids is 2. The molecular weight excluding hydrogens is 376 g/mol. The third-order valence-corrected chi connectivity index (χ3v) is 5.43. The van der Waals surface area contributed by atoms with Crippen LogP contribution < -0.4 is 0 Å². The first-order chi connectivity index (χ1) is 14.0. The summed E-state index contributed by atoms with van der Waals surface area (Å²) in [7, 11) is 0. The third-order valence-electron chi connectivity index (χ3n) is 5.43. The molecule has 2 fully saturated rings. The van der Waals surface area contributed by atoms with Crippen molar-refractivity contribution in [2.75, 3.05) is 39.3 Å². The Hall–Kier alpha value is -3.20. The number of rotatable bonds is 5. The molecule has 0 saturated carbocycles. The molecule has 0 bridgehead atoms. The topological polar surface area (TPSA) is 100 Å². The van der Waals surface area contributed by atoms with Crippen LogP contribution >= 0.6 is 0 Å². The van der Waals surface area contributed by atoms with Gasteiger partial charge in [0.15, 0.2) is 5.76 Å². The van der Waals surface area contributed by atoms with Gasteiger partial charge < -0.3 is 14.2 Å². The highest BCUT2D eigenvalue weighted by molar-refractivity contribution is 5.94. The van der Waals surface area contributed by atoms with Crippen molar-refractivity contribution in [3.63, 3.8) is 0 Å². The Kier molecular flexibility index (Phi) is 5.30. The molecule has 3 heterocycles. The molecule has 0 radical (unpaired) electrons. The average Bonchev–Trinajstić information content (AvgIpc) is 3.19.